The Morgan fingerprint density at radius 2 is 1.83 bits per heavy atom. The Morgan fingerprint density at radius 3 is 2.39 bits per heavy atom. The Kier molecular flexibility index (Phi) is 3.37. The van der Waals surface area contributed by atoms with Crippen LogP contribution in [0.5, 0.6) is 0 Å². The first-order chi connectivity index (χ1) is 8.49. The number of halogens is 2. The second-order valence-electron chi connectivity index (χ2n) is 5.00. The number of hydrogen-bond acceptors (Lipinski definition) is 1. The monoisotopic (exact) mass is 254 g/mol. The fourth-order valence-corrected chi connectivity index (χ4v) is 2.82. The molecule has 0 unspecified atom stereocenters. The molecule has 0 bridgehead atoms. The van der Waals surface area contributed by atoms with Gasteiger partial charge in [-0.3, -0.25) is 4.79 Å². The molecule has 0 atom stereocenters. The lowest BCUT2D eigenvalue weighted by molar-refractivity contribution is -0.145. The first-order valence-corrected chi connectivity index (χ1v) is 6.17. The molecule has 98 valence electrons. The predicted octanol–water partition coefficient (Wildman–Crippen LogP) is 3.56. The lowest BCUT2D eigenvalue weighted by atomic mass is 9.69. The van der Waals surface area contributed by atoms with E-state index in [9.17, 15) is 18.7 Å². The van der Waals surface area contributed by atoms with E-state index in [1.807, 2.05) is 0 Å². The molecule has 0 radical (unpaired) electrons. The number of benzene rings is 1. The fraction of sp³-hybridized carbons (Fsp3) is 0.500. The van der Waals surface area contributed by atoms with Gasteiger partial charge < -0.3 is 5.11 Å². The van der Waals surface area contributed by atoms with Crippen LogP contribution in [0.25, 0.3) is 0 Å². The number of aliphatic carboxylic acids is 1. The molecule has 0 amide bonds. The maximum Gasteiger partial charge on any atom is 0.314 e. The third kappa shape index (κ3) is 1.89. The third-order valence-electron chi connectivity index (χ3n) is 3.88. The van der Waals surface area contributed by atoms with Crippen molar-refractivity contribution in [1.29, 1.82) is 0 Å². The third-order valence-corrected chi connectivity index (χ3v) is 3.88. The highest BCUT2D eigenvalue weighted by Crippen LogP contribution is 2.42. The molecule has 1 aromatic rings. The fourth-order valence-electron chi connectivity index (χ4n) is 2.82. The zero-order valence-electron chi connectivity index (χ0n) is 10.3. The van der Waals surface area contributed by atoms with Gasteiger partial charge in [0.05, 0.1) is 5.41 Å². The zero-order valence-corrected chi connectivity index (χ0v) is 10.3. The van der Waals surface area contributed by atoms with Crippen LogP contribution < -0.4 is 0 Å². The minimum atomic E-state index is -1.39. The van der Waals surface area contributed by atoms with Crippen LogP contribution in [0.2, 0.25) is 0 Å². The number of carboxylic acid groups (broad SMARTS) is 1. The Morgan fingerprint density at radius 1 is 1.22 bits per heavy atom. The molecule has 0 saturated heterocycles. The highest BCUT2D eigenvalue weighted by atomic mass is 19.1. The number of aryl methyl sites for hydroxylation is 1. The number of carboxylic acids is 1. The van der Waals surface area contributed by atoms with Crippen molar-refractivity contribution in [3.05, 3.63) is 34.9 Å². The van der Waals surface area contributed by atoms with E-state index in [1.54, 1.807) is 0 Å². The Hall–Kier alpha value is -1.45. The molecule has 18 heavy (non-hydrogen) atoms. The molecule has 0 aromatic heterocycles. The van der Waals surface area contributed by atoms with E-state index in [4.69, 9.17) is 0 Å². The van der Waals surface area contributed by atoms with Crippen molar-refractivity contribution < 1.29 is 18.7 Å². The van der Waals surface area contributed by atoms with Crippen LogP contribution in [0, 0.1) is 18.6 Å². The normalized spacial score (nSPS) is 18.6. The highest BCUT2D eigenvalue weighted by molar-refractivity contribution is 5.81. The average Bonchev–Trinajstić information content (AvgIpc) is 2.35. The van der Waals surface area contributed by atoms with E-state index in [1.165, 1.54) is 13.0 Å². The molecule has 1 aliphatic rings. The summed E-state index contributed by atoms with van der Waals surface area (Å²) in [5.41, 5.74) is -1.36. The van der Waals surface area contributed by atoms with E-state index in [0.717, 1.165) is 12.5 Å². The molecule has 1 aromatic carbocycles. The van der Waals surface area contributed by atoms with Crippen LogP contribution in [-0.2, 0) is 10.2 Å². The van der Waals surface area contributed by atoms with Gasteiger partial charge >= 0.3 is 5.97 Å². The Balaban J connectivity index is 2.63. The molecule has 1 fully saturated rings. The lowest BCUT2D eigenvalue weighted by Crippen LogP contribution is -2.39. The number of hydrogen-bond donors (Lipinski definition) is 1. The van der Waals surface area contributed by atoms with E-state index in [2.05, 4.69) is 0 Å². The summed E-state index contributed by atoms with van der Waals surface area (Å²) in [5, 5.41) is 9.45. The summed E-state index contributed by atoms with van der Waals surface area (Å²) >= 11 is 0. The largest absolute Gasteiger partial charge is 0.481 e. The van der Waals surface area contributed by atoms with Crippen LogP contribution in [0.15, 0.2) is 12.1 Å². The zero-order chi connectivity index (χ0) is 13.3. The number of carbonyl (C=O) groups is 1. The topological polar surface area (TPSA) is 37.3 Å². The maximum atomic E-state index is 14.1. The summed E-state index contributed by atoms with van der Waals surface area (Å²) in [4.78, 5) is 11.6. The van der Waals surface area contributed by atoms with Gasteiger partial charge in [0, 0.05) is 5.56 Å². The molecule has 0 heterocycles. The van der Waals surface area contributed by atoms with E-state index < -0.39 is 23.0 Å². The maximum absolute atomic E-state index is 14.1. The molecule has 1 N–H and O–H groups in total. The Bertz CT molecular complexity index is 477. The van der Waals surface area contributed by atoms with Crippen LogP contribution in [0.3, 0.4) is 0 Å². The molecule has 2 rings (SSSR count). The van der Waals surface area contributed by atoms with Gasteiger partial charge in [-0.05, 0) is 31.4 Å². The van der Waals surface area contributed by atoms with E-state index >= 15 is 0 Å². The lowest BCUT2D eigenvalue weighted by Gasteiger charge is -2.34. The quantitative estimate of drug-likeness (QED) is 0.876. The highest BCUT2D eigenvalue weighted by Gasteiger charge is 2.45. The molecule has 4 heteroatoms. The first kappa shape index (κ1) is 13.0. The Labute approximate surface area is 105 Å². The summed E-state index contributed by atoms with van der Waals surface area (Å²) in [7, 11) is 0. The SMILES string of the molecule is Cc1ccc(F)c(C2(C(=O)O)CCCCC2)c1F. The van der Waals surface area contributed by atoms with Gasteiger partial charge in [0.15, 0.2) is 0 Å². The molecule has 0 aliphatic heterocycles. The molecule has 2 nitrogen and oxygen atoms in total. The van der Waals surface area contributed by atoms with Gasteiger partial charge in [-0.2, -0.15) is 0 Å². The first-order valence-electron chi connectivity index (χ1n) is 6.17. The number of rotatable bonds is 2. The van der Waals surface area contributed by atoms with Gasteiger partial charge in [0.1, 0.15) is 11.6 Å². The average molecular weight is 254 g/mol. The van der Waals surface area contributed by atoms with Crippen LogP contribution in [0.1, 0.15) is 43.2 Å². The summed E-state index contributed by atoms with van der Waals surface area (Å²) in [6.45, 7) is 1.52. The predicted molar refractivity (Wildman–Crippen MR) is 63.5 cm³/mol. The van der Waals surface area contributed by atoms with Crippen molar-refractivity contribution in [1.82, 2.24) is 0 Å². The van der Waals surface area contributed by atoms with Crippen molar-refractivity contribution in [2.75, 3.05) is 0 Å². The van der Waals surface area contributed by atoms with Gasteiger partial charge in [-0.25, -0.2) is 8.78 Å². The van der Waals surface area contributed by atoms with Crippen molar-refractivity contribution in [3.63, 3.8) is 0 Å². The van der Waals surface area contributed by atoms with Crippen LogP contribution in [-0.4, -0.2) is 11.1 Å². The molecular formula is C14H16F2O2. The molecule has 0 spiro atoms. The van der Waals surface area contributed by atoms with E-state index in [-0.39, 0.29) is 11.1 Å². The van der Waals surface area contributed by atoms with Gasteiger partial charge in [0.25, 0.3) is 0 Å². The van der Waals surface area contributed by atoms with Crippen molar-refractivity contribution in [2.24, 2.45) is 0 Å². The van der Waals surface area contributed by atoms with Crippen molar-refractivity contribution in [3.8, 4) is 0 Å². The van der Waals surface area contributed by atoms with Crippen LogP contribution in [0.4, 0.5) is 8.78 Å². The summed E-state index contributed by atoms with van der Waals surface area (Å²) in [6, 6.07) is 2.50. The smallest absolute Gasteiger partial charge is 0.314 e. The van der Waals surface area contributed by atoms with Gasteiger partial charge in [0.2, 0.25) is 0 Å². The van der Waals surface area contributed by atoms with Crippen molar-refractivity contribution >= 4 is 5.97 Å². The molecular weight excluding hydrogens is 238 g/mol. The summed E-state index contributed by atoms with van der Waals surface area (Å²) < 4.78 is 28.1. The van der Waals surface area contributed by atoms with E-state index in [0.29, 0.717) is 25.7 Å². The molecule has 1 aliphatic carbocycles. The second-order valence-corrected chi connectivity index (χ2v) is 5.00. The van der Waals surface area contributed by atoms with Gasteiger partial charge in [-0.15, -0.1) is 0 Å². The van der Waals surface area contributed by atoms with Gasteiger partial charge in [-0.1, -0.05) is 25.3 Å². The van der Waals surface area contributed by atoms with Crippen LogP contribution >= 0.6 is 0 Å². The standard InChI is InChI=1S/C14H16F2O2/c1-9-5-6-10(15)11(12(9)16)14(13(17)18)7-3-2-4-8-14/h5-6H,2-4,7-8H2,1H3,(H,17,18). The second kappa shape index (κ2) is 4.67. The minimum absolute atomic E-state index is 0.255. The van der Waals surface area contributed by atoms with Crippen molar-refractivity contribution in [2.45, 2.75) is 44.4 Å². The minimum Gasteiger partial charge on any atom is -0.481 e. The summed E-state index contributed by atoms with van der Waals surface area (Å²) in [6.07, 6.45) is 2.92. The summed E-state index contributed by atoms with van der Waals surface area (Å²) in [5.74, 6) is -2.58. The molecule has 1 saturated carbocycles.